The molecule has 1 saturated carbocycles. The fourth-order valence-electron chi connectivity index (χ4n) is 1.87. The van der Waals surface area contributed by atoms with Crippen LogP contribution in [0.4, 0.5) is 0 Å². The van der Waals surface area contributed by atoms with E-state index in [0.717, 1.165) is 5.56 Å². The highest BCUT2D eigenvalue weighted by atomic mass is 16.5. The van der Waals surface area contributed by atoms with E-state index in [-0.39, 0.29) is 13.2 Å². The van der Waals surface area contributed by atoms with Gasteiger partial charge in [-0.3, -0.25) is 0 Å². The van der Waals surface area contributed by atoms with Gasteiger partial charge in [-0.25, -0.2) is 0 Å². The van der Waals surface area contributed by atoms with Gasteiger partial charge in [-0.15, -0.1) is 0 Å². The van der Waals surface area contributed by atoms with Crippen molar-refractivity contribution in [1.82, 2.24) is 5.32 Å². The van der Waals surface area contributed by atoms with Crippen molar-refractivity contribution >= 4 is 0 Å². The molecule has 0 amide bonds. The van der Waals surface area contributed by atoms with Crippen LogP contribution in [0.25, 0.3) is 0 Å². The number of rotatable bonds is 8. The zero-order chi connectivity index (χ0) is 14.6. The summed E-state index contributed by atoms with van der Waals surface area (Å²) >= 11 is 0. The molecule has 1 aromatic rings. The van der Waals surface area contributed by atoms with Gasteiger partial charge >= 0.3 is 0 Å². The molecule has 0 heterocycles. The Bertz CT molecular complexity index is 443. The van der Waals surface area contributed by atoms with E-state index in [4.69, 9.17) is 14.6 Å². The molecule has 1 unspecified atom stereocenters. The molecule has 2 rings (SSSR count). The van der Waals surface area contributed by atoms with Gasteiger partial charge in [0.25, 0.3) is 0 Å². The van der Waals surface area contributed by atoms with Gasteiger partial charge in [0.2, 0.25) is 0 Å². The highest BCUT2D eigenvalue weighted by molar-refractivity contribution is 5.42. The molecule has 5 nitrogen and oxygen atoms in total. The Hall–Kier alpha value is -1.30. The van der Waals surface area contributed by atoms with Gasteiger partial charge in [0.05, 0.1) is 13.7 Å². The van der Waals surface area contributed by atoms with E-state index >= 15 is 0 Å². The summed E-state index contributed by atoms with van der Waals surface area (Å²) in [5, 5.41) is 22.6. The minimum atomic E-state index is -0.927. The zero-order valence-electron chi connectivity index (χ0n) is 12.1. The van der Waals surface area contributed by atoms with E-state index < -0.39 is 5.60 Å². The lowest BCUT2D eigenvalue weighted by Crippen LogP contribution is -2.43. The van der Waals surface area contributed by atoms with E-state index in [0.29, 0.717) is 24.1 Å². The third-order valence-electron chi connectivity index (χ3n) is 3.30. The van der Waals surface area contributed by atoms with Crippen LogP contribution in [0.5, 0.6) is 11.5 Å². The smallest absolute Gasteiger partial charge is 0.161 e. The predicted molar refractivity (Wildman–Crippen MR) is 76.1 cm³/mol. The van der Waals surface area contributed by atoms with Gasteiger partial charge in [-0.05, 0) is 37.5 Å². The van der Waals surface area contributed by atoms with Crippen molar-refractivity contribution in [2.75, 3.05) is 20.3 Å². The summed E-state index contributed by atoms with van der Waals surface area (Å²) in [6.45, 7) is 2.40. The van der Waals surface area contributed by atoms with Crippen molar-refractivity contribution in [1.29, 1.82) is 0 Å². The molecule has 0 bridgehead atoms. The summed E-state index contributed by atoms with van der Waals surface area (Å²) in [4.78, 5) is 0. The maximum atomic E-state index is 10.2. The van der Waals surface area contributed by atoms with E-state index in [1.54, 1.807) is 32.2 Å². The van der Waals surface area contributed by atoms with Crippen LogP contribution in [0.15, 0.2) is 18.2 Å². The molecule has 3 N–H and O–H groups in total. The Kier molecular flexibility index (Phi) is 4.86. The molecule has 0 saturated heterocycles. The SMILES string of the molecule is COc1cc(CO)ccc1OCC(C)(O)CNC1CC1. The van der Waals surface area contributed by atoms with Crippen LogP contribution in [0.2, 0.25) is 0 Å². The molecule has 0 aromatic heterocycles. The number of aliphatic hydroxyl groups excluding tert-OH is 1. The van der Waals surface area contributed by atoms with Gasteiger partial charge < -0.3 is 25.0 Å². The normalized spacial score (nSPS) is 17.6. The molecule has 1 aromatic carbocycles. The Morgan fingerprint density at radius 3 is 2.70 bits per heavy atom. The molecule has 5 heteroatoms. The first kappa shape index (κ1) is 15.1. The largest absolute Gasteiger partial charge is 0.493 e. The lowest BCUT2D eigenvalue weighted by molar-refractivity contribution is 0.0113. The van der Waals surface area contributed by atoms with E-state index in [2.05, 4.69) is 5.32 Å². The van der Waals surface area contributed by atoms with Gasteiger partial charge in [-0.1, -0.05) is 6.07 Å². The number of aliphatic hydroxyl groups is 2. The summed E-state index contributed by atoms with van der Waals surface area (Å²) in [6, 6.07) is 5.80. The monoisotopic (exact) mass is 281 g/mol. The molecular formula is C15H23NO4. The average molecular weight is 281 g/mol. The fraction of sp³-hybridized carbons (Fsp3) is 0.600. The third-order valence-corrected chi connectivity index (χ3v) is 3.30. The number of hydrogen-bond donors (Lipinski definition) is 3. The first-order valence-electron chi connectivity index (χ1n) is 6.90. The maximum absolute atomic E-state index is 10.2. The van der Waals surface area contributed by atoms with E-state index in [9.17, 15) is 5.11 Å². The van der Waals surface area contributed by atoms with Crippen molar-refractivity contribution in [2.24, 2.45) is 0 Å². The minimum absolute atomic E-state index is 0.0420. The lowest BCUT2D eigenvalue weighted by atomic mass is 10.1. The van der Waals surface area contributed by atoms with Crippen LogP contribution in [0.1, 0.15) is 25.3 Å². The summed E-state index contributed by atoms with van der Waals surface area (Å²) < 4.78 is 10.9. The number of hydrogen-bond acceptors (Lipinski definition) is 5. The number of nitrogens with one attached hydrogen (secondary N) is 1. The van der Waals surface area contributed by atoms with Crippen molar-refractivity contribution in [3.63, 3.8) is 0 Å². The summed E-state index contributed by atoms with van der Waals surface area (Å²) in [6.07, 6.45) is 2.38. The molecule has 1 aliphatic carbocycles. The molecule has 0 spiro atoms. The van der Waals surface area contributed by atoms with Crippen LogP contribution < -0.4 is 14.8 Å². The van der Waals surface area contributed by atoms with Crippen LogP contribution in [0.3, 0.4) is 0 Å². The second-order valence-corrected chi connectivity index (χ2v) is 5.58. The van der Waals surface area contributed by atoms with E-state index in [1.807, 2.05) is 0 Å². The van der Waals surface area contributed by atoms with Gasteiger partial charge in [0.1, 0.15) is 12.2 Å². The Morgan fingerprint density at radius 1 is 1.35 bits per heavy atom. The van der Waals surface area contributed by atoms with Crippen molar-refractivity contribution < 1.29 is 19.7 Å². The number of ether oxygens (including phenoxy) is 2. The first-order chi connectivity index (χ1) is 9.54. The second-order valence-electron chi connectivity index (χ2n) is 5.58. The predicted octanol–water partition coefficient (Wildman–Crippen LogP) is 1.07. The Morgan fingerprint density at radius 2 is 2.10 bits per heavy atom. The highest BCUT2D eigenvalue weighted by Gasteiger charge is 2.27. The third kappa shape index (κ3) is 4.37. The summed E-state index contributed by atoms with van der Waals surface area (Å²) in [5.74, 6) is 1.12. The van der Waals surface area contributed by atoms with Crippen LogP contribution >= 0.6 is 0 Å². The molecular weight excluding hydrogens is 258 g/mol. The van der Waals surface area contributed by atoms with E-state index in [1.165, 1.54) is 12.8 Å². The first-order valence-corrected chi connectivity index (χ1v) is 6.90. The second kappa shape index (κ2) is 6.43. The zero-order valence-corrected chi connectivity index (χ0v) is 12.1. The summed E-state index contributed by atoms with van der Waals surface area (Å²) in [5.41, 5.74) is -0.167. The molecule has 0 radical (unpaired) electrons. The summed E-state index contributed by atoms with van der Waals surface area (Å²) in [7, 11) is 1.55. The Labute approximate surface area is 119 Å². The van der Waals surface area contributed by atoms with Crippen LogP contribution in [-0.2, 0) is 6.61 Å². The number of methoxy groups -OCH3 is 1. The topological polar surface area (TPSA) is 71.0 Å². The molecule has 1 aliphatic rings. The molecule has 112 valence electrons. The molecule has 1 atom stereocenters. The molecule has 20 heavy (non-hydrogen) atoms. The standard InChI is InChI=1S/C15H23NO4/c1-15(18,9-16-12-4-5-12)10-20-13-6-3-11(8-17)7-14(13)19-2/h3,6-7,12,16-18H,4-5,8-10H2,1-2H3. The molecule has 1 fully saturated rings. The van der Waals surface area contributed by atoms with Gasteiger partial charge in [0.15, 0.2) is 11.5 Å². The quantitative estimate of drug-likeness (QED) is 0.665. The van der Waals surface area contributed by atoms with Crippen LogP contribution in [0, 0.1) is 0 Å². The average Bonchev–Trinajstić information content (AvgIpc) is 3.27. The highest BCUT2D eigenvalue weighted by Crippen LogP contribution is 2.29. The van der Waals surface area contributed by atoms with Crippen molar-refractivity contribution in [2.45, 2.75) is 38.0 Å². The minimum Gasteiger partial charge on any atom is -0.493 e. The Balaban J connectivity index is 1.91. The number of benzene rings is 1. The van der Waals surface area contributed by atoms with Crippen molar-refractivity contribution in [3.05, 3.63) is 23.8 Å². The molecule has 0 aliphatic heterocycles. The van der Waals surface area contributed by atoms with Crippen molar-refractivity contribution in [3.8, 4) is 11.5 Å². The van der Waals surface area contributed by atoms with Crippen LogP contribution in [-0.4, -0.2) is 42.1 Å². The van der Waals surface area contributed by atoms with Gasteiger partial charge in [0, 0.05) is 12.6 Å². The fourth-order valence-corrected chi connectivity index (χ4v) is 1.87. The van der Waals surface area contributed by atoms with Gasteiger partial charge in [-0.2, -0.15) is 0 Å². The lowest BCUT2D eigenvalue weighted by Gasteiger charge is -2.24. The maximum Gasteiger partial charge on any atom is 0.161 e.